The second kappa shape index (κ2) is 11.7. The van der Waals surface area contributed by atoms with Gasteiger partial charge in [-0.2, -0.15) is 0 Å². The van der Waals surface area contributed by atoms with Crippen molar-refractivity contribution in [1.82, 2.24) is 0 Å². The first-order chi connectivity index (χ1) is 16.5. The van der Waals surface area contributed by atoms with Crippen LogP contribution < -0.4 is 0 Å². The van der Waals surface area contributed by atoms with E-state index in [-0.39, 0.29) is 12.1 Å². The maximum Gasteiger partial charge on any atom is 0.101 e. The fourth-order valence-corrected chi connectivity index (χ4v) is 4.57. The van der Waals surface area contributed by atoms with E-state index in [0.29, 0.717) is 31.2 Å². The summed E-state index contributed by atoms with van der Waals surface area (Å²) in [7, 11) is 0. The zero-order valence-electron chi connectivity index (χ0n) is 18.0. The Hall–Kier alpha value is -2.62. The van der Waals surface area contributed by atoms with Crippen molar-refractivity contribution in [2.75, 3.05) is 0 Å². The number of nitrogens with zero attached hydrogens (tertiary/aromatic N) is 2. The molecule has 0 aromatic heterocycles. The molecule has 0 radical (unpaired) electrons. The smallest absolute Gasteiger partial charge is 0.101 e. The van der Waals surface area contributed by atoms with Gasteiger partial charge in [0.1, 0.15) is 12.1 Å². The van der Waals surface area contributed by atoms with Gasteiger partial charge >= 0.3 is 0 Å². The fraction of sp³-hybridized carbons (Fsp3) is 0.0714. The number of benzene rings is 4. The standard InChI is InChI=1S/C28H20Cl4N2/c29-23-13-7-14-24(30)21(23)17-33-27(19-9-3-1-4-10-19)28(20-11-5-2-6-12-20)34-18-22-25(31)15-8-16-26(22)32/h1-18,27-28H/t27-,28+. The van der Waals surface area contributed by atoms with Gasteiger partial charge in [-0.3, -0.25) is 9.98 Å². The Labute approximate surface area is 219 Å². The van der Waals surface area contributed by atoms with E-state index >= 15 is 0 Å². The van der Waals surface area contributed by atoms with E-state index in [4.69, 9.17) is 56.4 Å². The number of aliphatic imine (C=N–C) groups is 2. The molecule has 0 saturated carbocycles. The van der Waals surface area contributed by atoms with Crippen LogP contribution in [0.4, 0.5) is 0 Å². The molecule has 0 saturated heterocycles. The third-order valence-electron chi connectivity index (χ3n) is 5.31. The number of hydrogen-bond acceptors (Lipinski definition) is 2. The zero-order valence-corrected chi connectivity index (χ0v) is 21.0. The minimum Gasteiger partial charge on any atom is -0.282 e. The Balaban J connectivity index is 1.83. The highest BCUT2D eigenvalue weighted by Gasteiger charge is 2.23. The van der Waals surface area contributed by atoms with Gasteiger partial charge in [0.25, 0.3) is 0 Å². The Kier molecular flexibility index (Phi) is 8.42. The minimum atomic E-state index is -0.353. The van der Waals surface area contributed by atoms with Crippen molar-refractivity contribution in [2.45, 2.75) is 12.1 Å². The predicted molar refractivity (Wildman–Crippen MR) is 146 cm³/mol. The molecule has 0 amide bonds. The van der Waals surface area contributed by atoms with Crippen LogP contribution in [0.5, 0.6) is 0 Å². The molecule has 0 unspecified atom stereocenters. The molecule has 0 spiro atoms. The molecule has 6 heteroatoms. The third-order valence-corrected chi connectivity index (χ3v) is 6.63. The van der Waals surface area contributed by atoms with Crippen LogP contribution in [0.2, 0.25) is 20.1 Å². The second-order valence-corrected chi connectivity index (χ2v) is 9.17. The van der Waals surface area contributed by atoms with E-state index in [2.05, 4.69) is 0 Å². The average Bonchev–Trinajstić information content (AvgIpc) is 2.85. The monoisotopic (exact) mass is 524 g/mol. The third kappa shape index (κ3) is 5.89. The van der Waals surface area contributed by atoms with Crippen LogP contribution >= 0.6 is 46.4 Å². The molecule has 2 atom stereocenters. The van der Waals surface area contributed by atoms with Gasteiger partial charge in [0.2, 0.25) is 0 Å². The molecule has 4 aromatic rings. The molecule has 0 aliphatic heterocycles. The first-order valence-corrected chi connectivity index (χ1v) is 12.1. The largest absolute Gasteiger partial charge is 0.282 e. The molecule has 2 nitrogen and oxygen atoms in total. The van der Waals surface area contributed by atoms with Crippen LogP contribution in [-0.4, -0.2) is 12.4 Å². The lowest BCUT2D eigenvalue weighted by Crippen LogP contribution is -2.09. The first-order valence-electron chi connectivity index (χ1n) is 10.6. The van der Waals surface area contributed by atoms with Crippen molar-refractivity contribution >= 4 is 58.8 Å². The highest BCUT2D eigenvalue weighted by atomic mass is 35.5. The molecule has 4 aromatic carbocycles. The van der Waals surface area contributed by atoms with Gasteiger partial charge in [0.15, 0.2) is 0 Å². The van der Waals surface area contributed by atoms with Crippen molar-refractivity contribution in [3.63, 3.8) is 0 Å². The number of hydrogen-bond donors (Lipinski definition) is 0. The van der Waals surface area contributed by atoms with Gasteiger partial charge in [0.05, 0.1) is 20.1 Å². The van der Waals surface area contributed by atoms with Gasteiger partial charge in [-0.25, -0.2) is 0 Å². The quantitative estimate of drug-likeness (QED) is 0.215. The lowest BCUT2D eigenvalue weighted by Gasteiger charge is -2.22. The molecular formula is C28H20Cl4N2. The predicted octanol–water partition coefficient (Wildman–Crippen LogP) is 9.32. The van der Waals surface area contributed by atoms with Crippen LogP contribution in [0.15, 0.2) is 107 Å². The molecule has 170 valence electrons. The van der Waals surface area contributed by atoms with Gasteiger partial charge in [0, 0.05) is 23.6 Å². The lowest BCUT2D eigenvalue weighted by atomic mass is 9.94. The summed E-state index contributed by atoms with van der Waals surface area (Å²) >= 11 is 25.6. The molecule has 0 heterocycles. The topological polar surface area (TPSA) is 24.7 Å². The van der Waals surface area contributed by atoms with E-state index in [1.165, 1.54) is 0 Å². The highest BCUT2D eigenvalue weighted by Crippen LogP contribution is 2.36. The van der Waals surface area contributed by atoms with E-state index in [1.54, 1.807) is 48.8 Å². The number of rotatable bonds is 7. The molecule has 0 N–H and O–H groups in total. The van der Waals surface area contributed by atoms with Gasteiger partial charge in [-0.05, 0) is 35.4 Å². The summed E-state index contributed by atoms with van der Waals surface area (Å²) in [5.74, 6) is 0. The Morgan fingerprint density at radius 2 is 0.765 bits per heavy atom. The summed E-state index contributed by atoms with van der Waals surface area (Å²) in [5.41, 5.74) is 3.32. The zero-order chi connectivity index (χ0) is 23.9. The van der Waals surface area contributed by atoms with E-state index in [1.807, 2.05) is 60.7 Å². The van der Waals surface area contributed by atoms with Gasteiger partial charge < -0.3 is 0 Å². The Bertz CT molecular complexity index is 1160. The van der Waals surface area contributed by atoms with Crippen molar-refractivity contribution in [2.24, 2.45) is 9.98 Å². The van der Waals surface area contributed by atoms with E-state index < -0.39 is 0 Å². The maximum atomic E-state index is 6.40. The van der Waals surface area contributed by atoms with Crippen LogP contribution in [-0.2, 0) is 0 Å². The summed E-state index contributed by atoms with van der Waals surface area (Å²) in [6, 6.07) is 30.1. The molecule has 0 bridgehead atoms. The highest BCUT2D eigenvalue weighted by molar-refractivity contribution is 6.39. The van der Waals surface area contributed by atoms with E-state index in [9.17, 15) is 0 Å². The van der Waals surface area contributed by atoms with Crippen molar-refractivity contribution in [3.05, 3.63) is 139 Å². The summed E-state index contributed by atoms with van der Waals surface area (Å²) in [4.78, 5) is 9.89. The van der Waals surface area contributed by atoms with E-state index in [0.717, 1.165) is 11.1 Å². The first kappa shape index (κ1) is 24.5. The average molecular weight is 526 g/mol. The van der Waals surface area contributed by atoms with Crippen molar-refractivity contribution < 1.29 is 0 Å². The van der Waals surface area contributed by atoms with Crippen molar-refractivity contribution in [1.29, 1.82) is 0 Å². The van der Waals surface area contributed by atoms with Gasteiger partial charge in [-0.15, -0.1) is 0 Å². The Morgan fingerprint density at radius 1 is 0.441 bits per heavy atom. The van der Waals surface area contributed by atoms with Crippen molar-refractivity contribution in [3.8, 4) is 0 Å². The molecule has 0 fully saturated rings. The number of halogens is 4. The summed E-state index contributed by atoms with van der Waals surface area (Å²) in [6.45, 7) is 0. The molecule has 0 aliphatic carbocycles. The molecular weight excluding hydrogens is 506 g/mol. The molecule has 0 aliphatic rings. The molecule has 34 heavy (non-hydrogen) atoms. The summed E-state index contributed by atoms with van der Waals surface area (Å²) < 4.78 is 0. The van der Waals surface area contributed by atoms with Crippen LogP contribution in [0.3, 0.4) is 0 Å². The summed E-state index contributed by atoms with van der Waals surface area (Å²) in [5, 5.41) is 2.13. The van der Waals surface area contributed by atoms with Crippen LogP contribution in [0.1, 0.15) is 34.3 Å². The molecule has 4 rings (SSSR count). The van der Waals surface area contributed by atoms with Gasteiger partial charge in [-0.1, -0.05) is 119 Å². The Morgan fingerprint density at radius 3 is 1.09 bits per heavy atom. The SMILES string of the molecule is Clc1cccc(Cl)c1C=N[C@H](c1ccccc1)[C@@H](N=Cc1c(Cl)cccc1Cl)c1ccccc1. The lowest BCUT2D eigenvalue weighted by molar-refractivity contribution is 0.583. The second-order valence-electron chi connectivity index (χ2n) is 7.54. The normalized spacial score (nSPS) is 13.4. The van der Waals surface area contributed by atoms with Crippen LogP contribution in [0.25, 0.3) is 0 Å². The van der Waals surface area contributed by atoms with Crippen LogP contribution in [0, 0.1) is 0 Å². The fourth-order valence-electron chi connectivity index (χ4n) is 3.58. The maximum absolute atomic E-state index is 6.40. The summed E-state index contributed by atoms with van der Waals surface area (Å²) in [6.07, 6.45) is 3.44. The minimum absolute atomic E-state index is 0.353.